The lowest BCUT2D eigenvalue weighted by Crippen LogP contribution is -2.00. The number of alkyl halides is 2. The lowest BCUT2D eigenvalue weighted by atomic mass is 10.1. The SMILES string of the molecule is CSc1cc(C(=O)CCCl)ccc1CBr. The molecule has 4 heteroatoms. The first kappa shape index (κ1) is 13.1. The second-order valence-corrected chi connectivity index (χ2v) is 4.81. The van der Waals surface area contributed by atoms with Gasteiger partial charge in [0.2, 0.25) is 0 Å². The maximum atomic E-state index is 11.6. The van der Waals surface area contributed by atoms with E-state index in [-0.39, 0.29) is 5.78 Å². The average Bonchev–Trinajstić information content (AvgIpc) is 2.28. The third-order valence-corrected chi connectivity index (χ3v) is 3.69. The van der Waals surface area contributed by atoms with Crippen molar-refractivity contribution in [1.29, 1.82) is 0 Å². The largest absolute Gasteiger partial charge is 0.294 e. The van der Waals surface area contributed by atoms with E-state index in [0.29, 0.717) is 12.3 Å². The zero-order valence-corrected chi connectivity index (χ0v) is 11.6. The van der Waals surface area contributed by atoms with Gasteiger partial charge in [-0.2, -0.15) is 0 Å². The molecule has 0 radical (unpaired) electrons. The van der Waals surface area contributed by atoms with Crippen molar-refractivity contribution in [2.24, 2.45) is 0 Å². The fraction of sp³-hybridized carbons (Fsp3) is 0.364. The third kappa shape index (κ3) is 3.51. The molecule has 82 valence electrons. The van der Waals surface area contributed by atoms with Crippen LogP contribution in [-0.4, -0.2) is 17.9 Å². The van der Waals surface area contributed by atoms with Crippen LogP contribution in [0, 0.1) is 0 Å². The predicted octanol–water partition coefficient (Wildman–Crippen LogP) is 4.12. The van der Waals surface area contributed by atoms with Crippen molar-refractivity contribution < 1.29 is 4.79 Å². The molecule has 1 aromatic rings. The number of halogens is 2. The normalized spacial score (nSPS) is 10.3. The second-order valence-electron chi connectivity index (χ2n) is 3.02. The van der Waals surface area contributed by atoms with Crippen LogP contribution in [-0.2, 0) is 5.33 Å². The van der Waals surface area contributed by atoms with Gasteiger partial charge in [0.25, 0.3) is 0 Å². The molecule has 0 saturated heterocycles. The van der Waals surface area contributed by atoms with Crippen molar-refractivity contribution in [2.75, 3.05) is 12.1 Å². The summed E-state index contributed by atoms with van der Waals surface area (Å²) in [7, 11) is 0. The van der Waals surface area contributed by atoms with Gasteiger partial charge in [0, 0.05) is 28.1 Å². The van der Waals surface area contributed by atoms with Crippen molar-refractivity contribution >= 4 is 45.1 Å². The highest BCUT2D eigenvalue weighted by molar-refractivity contribution is 9.08. The number of Topliss-reactive ketones (excluding diaryl/α,β-unsaturated/α-hetero) is 1. The molecule has 0 bridgehead atoms. The number of carbonyl (C=O) groups excluding carboxylic acids is 1. The molecule has 15 heavy (non-hydrogen) atoms. The van der Waals surface area contributed by atoms with E-state index in [4.69, 9.17) is 11.6 Å². The van der Waals surface area contributed by atoms with E-state index in [0.717, 1.165) is 15.8 Å². The molecule has 0 amide bonds. The zero-order chi connectivity index (χ0) is 11.3. The molecule has 1 rings (SSSR count). The first-order valence-corrected chi connectivity index (χ1v) is 7.43. The summed E-state index contributed by atoms with van der Waals surface area (Å²) in [5.74, 6) is 0.495. The minimum absolute atomic E-state index is 0.112. The average molecular weight is 308 g/mol. The fourth-order valence-corrected chi connectivity index (χ4v) is 2.75. The molecule has 0 aromatic heterocycles. The van der Waals surface area contributed by atoms with Crippen LogP contribution < -0.4 is 0 Å². The number of rotatable bonds is 5. The molecule has 0 spiro atoms. The van der Waals surface area contributed by atoms with Crippen molar-refractivity contribution in [2.45, 2.75) is 16.6 Å². The molecule has 0 N–H and O–H groups in total. The Morgan fingerprint density at radius 1 is 1.53 bits per heavy atom. The van der Waals surface area contributed by atoms with Crippen LogP contribution in [0.25, 0.3) is 0 Å². The van der Waals surface area contributed by atoms with Gasteiger partial charge in [0.05, 0.1) is 0 Å². The summed E-state index contributed by atoms with van der Waals surface area (Å²) < 4.78 is 0. The Bertz CT molecular complexity index is 354. The maximum Gasteiger partial charge on any atom is 0.164 e. The highest BCUT2D eigenvalue weighted by atomic mass is 79.9. The minimum Gasteiger partial charge on any atom is -0.294 e. The summed E-state index contributed by atoms with van der Waals surface area (Å²) in [6, 6.07) is 5.80. The molecule has 0 fully saturated rings. The molecule has 0 aliphatic rings. The van der Waals surface area contributed by atoms with E-state index in [1.807, 2.05) is 24.5 Å². The van der Waals surface area contributed by atoms with E-state index in [1.165, 1.54) is 5.56 Å². The summed E-state index contributed by atoms with van der Waals surface area (Å²) in [6.45, 7) is 0. The van der Waals surface area contributed by atoms with Gasteiger partial charge in [-0.15, -0.1) is 23.4 Å². The topological polar surface area (TPSA) is 17.1 Å². The van der Waals surface area contributed by atoms with Gasteiger partial charge in [-0.1, -0.05) is 28.1 Å². The zero-order valence-electron chi connectivity index (χ0n) is 8.43. The van der Waals surface area contributed by atoms with Crippen molar-refractivity contribution in [3.05, 3.63) is 29.3 Å². The van der Waals surface area contributed by atoms with Crippen LogP contribution in [0.5, 0.6) is 0 Å². The van der Waals surface area contributed by atoms with Gasteiger partial charge in [-0.05, 0) is 17.9 Å². The Morgan fingerprint density at radius 3 is 2.80 bits per heavy atom. The standard InChI is InChI=1S/C11H12BrClOS/c1-15-11-6-8(10(14)4-5-13)2-3-9(11)7-12/h2-3,6H,4-5,7H2,1H3. The van der Waals surface area contributed by atoms with Crippen LogP contribution in [0.3, 0.4) is 0 Å². The first-order valence-electron chi connectivity index (χ1n) is 4.55. The molecule has 1 nitrogen and oxygen atoms in total. The number of carbonyl (C=O) groups is 1. The lowest BCUT2D eigenvalue weighted by molar-refractivity contribution is 0.0989. The number of thioether (sulfide) groups is 1. The Morgan fingerprint density at radius 2 is 2.27 bits per heavy atom. The fourth-order valence-electron chi connectivity index (χ4n) is 1.26. The number of hydrogen-bond donors (Lipinski definition) is 0. The smallest absolute Gasteiger partial charge is 0.164 e. The van der Waals surface area contributed by atoms with E-state index in [2.05, 4.69) is 15.9 Å². The predicted molar refractivity (Wildman–Crippen MR) is 70.5 cm³/mol. The molecule has 0 aliphatic heterocycles. The van der Waals surface area contributed by atoms with E-state index < -0.39 is 0 Å². The van der Waals surface area contributed by atoms with Crippen molar-refractivity contribution in [1.82, 2.24) is 0 Å². The molecule has 0 heterocycles. The highest BCUT2D eigenvalue weighted by Gasteiger charge is 2.08. The highest BCUT2D eigenvalue weighted by Crippen LogP contribution is 2.24. The molecule has 0 aliphatic carbocycles. The number of benzene rings is 1. The van der Waals surface area contributed by atoms with E-state index in [9.17, 15) is 4.79 Å². The van der Waals surface area contributed by atoms with Gasteiger partial charge in [-0.25, -0.2) is 0 Å². The monoisotopic (exact) mass is 306 g/mol. The molecule has 0 atom stereocenters. The van der Waals surface area contributed by atoms with Crippen LogP contribution >= 0.6 is 39.3 Å². The van der Waals surface area contributed by atoms with Crippen molar-refractivity contribution in [3.63, 3.8) is 0 Å². The Labute approximate surface area is 108 Å². The quantitative estimate of drug-likeness (QED) is 0.462. The van der Waals surface area contributed by atoms with Crippen LogP contribution in [0.15, 0.2) is 23.1 Å². The van der Waals surface area contributed by atoms with Gasteiger partial charge in [-0.3, -0.25) is 4.79 Å². The first-order chi connectivity index (χ1) is 7.22. The van der Waals surface area contributed by atoms with Gasteiger partial charge < -0.3 is 0 Å². The van der Waals surface area contributed by atoms with Crippen LogP contribution in [0.4, 0.5) is 0 Å². The molecular formula is C11H12BrClOS. The molecule has 1 aromatic carbocycles. The van der Waals surface area contributed by atoms with Crippen molar-refractivity contribution in [3.8, 4) is 0 Å². The van der Waals surface area contributed by atoms with Crippen LogP contribution in [0.1, 0.15) is 22.3 Å². The van der Waals surface area contributed by atoms with E-state index in [1.54, 1.807) is 11.8 Å². The number of ketones is 1. The summed E-state index contributed by atoms with van der Waals surface area (Å²) in [6.07, 6.45) is 2.42. The third-order valence-electron chi connectivity index (χ3n) is 2.07. The lowest BCUT2D eigenvalue weighted by Gasteiger charge is -2.06. The van der Waals surface area contributed by atoms with Gasteiger partial charge in [0.15, 0.2) is 5.78 Å². The summed E-state index contributed by atoms with van der Waals surface area (Å²) >= 11 is 10.6. The van der Waals surface area contributed by atoms with Gasteiger partial charge >= 0.3 is 0 Å². The molecule has 0 unspecified atom stereocenters. The minimum atomic E-state index is 0.112. The number of hydrogen-bond acceptors (Lipinski definition) is 2. The summed E-state index contributed by atoms with van der Waals surface area (Å²) in [5.41, 5.74) is 1.97. The molecular weight excluding hydrogens is 296 g/mol. The molecule has 0 saturated carbocycles. The Hall–Kier alpha value is 0.01000. The van der Waals surface area contributed by atoms with E-state index >= 15 is 0 Å². The Kier molecular flexibility index (Phi) is 5.72. The second kappa shape index (κ2) is 6.56. The van der Waals surface area contributed by atoms with Gasteiger partial charge in [0.1, 0.15) is 0 Å². The van der Waals surface area contributed by atoms with Crippen LogP contribution in [0.2, 0.25) is 0 Å². The Balaban J connectivity index is 2.97. The summed E-state index contributed by atoms with van der Waals surface area (Å²) in [5, 5.41) is 0.813. The summed E-state index contributed by atoms with van der Waals surface area (Å²) in [4.78, 5) is 12.8. The maximum absolute atomic E-state index is 11.6.